The molecule has 0 aliphatic heterocycles. The van der Waals surface area contributed by atoms with Crippen LogP contribution in [0, 0.1) is 5.92 Å². The summed E-state index contributed by atoms with van der Waals surface area (Å²) in [6.07, 6.45) is 29.2. The second-order valence-electron chi connectivity index (χ2n) is 11.6. The van der Waals surface area contributed by atoms with Crippen molar-refractivity contribution < 1.29 is 23.5 Å². The molecule has 2 aromatic heterocycles. The number of nitrogen functional groups attached to an aromatic ring is 1. The third kappa shape index (κ3) is 13.2. The molecular weight excluding hydrogens is 645 g/mol. The van der Waals surface area contributed by atoms with Gasteiger partial charge in [-0.05, 0) is 56.9 Å². The minimum Gasteiger partial charge on any atom is -0.392 e. The summed E-state index contributed by atoms with van der Waals surface area (Å²) in [5.74, 6) is -0.695. The average Bonchev–Trinajstić information content (AvgIpc) is 3.62. The standard InChI is InChI=1S/C35H52N7O6P/c1-4-5-6-7-8-9-10-11-12-13-14-15-16-17-18-19-20-21-31(44)37-22-23-39-49(46,47-3)48-25-28-27(2)29(24-30(28)43)42-26-38-32-33(42)40-35(36)41-34(32)45/h5-6,8-9,11-12,14-15,17-18,26,28-30,43H,2,4,7,10,13,16,19-25H2,1,3H3,(H,37,44)(H,39,46)(H3,36,40,41,45)/b6-5-,9-8-,12-11-,15-14-,18-17-/t28-,29?,30-,49?/m0/s1. The van der Waals surface area contributed by atoms with E-state index in [0.717, 1.165) is 44.9 Å². The van der Waals surface area contributed by atoms with Crippen molar-refractivity contribution in [1.29, 1.82) is 0 Å². The van der Waals surface area contributed by atoms with Crippen LogP contribution < -0.4 is 21.7 Å². The van der Waals surface area contributed by atoms with Crippen LogP contribution in [-0.4, -0.2) is 63.4 Å². The minimum absolute atomic E-state index is 0.0482. The molecule has 14 heteroatoms. The molecule has 1 aliphatic rings. The first-order valence-corrected chi connectivity index (χ1v) is 18.4. The van der Waals surface area contributed by atoms with Crippen LogP contribution in [-0.2, 0) is 18.4 Å². The molecule has 0 spiro atoms. The van der Waals surface area contributed by atoms with Crippen molar-refractivity contribution in [3.63, 3.8) is 0 Å². The van der Waals surface area contributed by atoms with Crippen molar-refractivity contribution >= 4 is 30.8 Å². The number of nitrogens with zero attached hydrogens (tertiary/aromatic N) is 3. The van der Waals surface area contributed by atoms with Gasteiger partial charge in [-0.3, -0.25) is 14.1 Å². The SMILES string of the molecule is C=C1C(n2cnc3c(=O)nc(N)[nH]c32)C[C@H](O)[C@H]1COP(=O)(NCCNC(=O)CCC/C=C\C/C=C\C/C=C\C/C=C\C/C=C\CC)OC. The van der Waals surface area contributed by atoms with Crippen LogP contribution in [0.15, 0.2) is 84.0 Å². The van der Waals surface area contributed by atoms with Crippen LogP contribution in [0.3, 0.4) is 0 Å². The molecule has 1 fully saturated rings. The van der Waals surface area contributed by atoms with E-state index in [1.807, 2.05) is 0 Å². The number of imidazole rings is 1. The second kappa shape index (κ2) is 21.3. The Balaban J connectivity index is 1.28. The molecule has 1 aliphatic carbocycles. The topological polar surface area (TPSA) is 186 Å². The number of anilines is 1. The van der Waals surface area contributed by atoms with E-state index in [1.54, 1.807) is 4.57 Å². The average molecular weight is 698 g/mol. The highest BCUT2D eigenvalue weighted by Gasteiger charge is 2.40. The number of carbonyl (C=O) groups is 1. The predicted molar refractivity (Wildman–Crippen MR) is 195 cm³/mol. The number of hydrogen-bond acceptors (Lipinski definition) is 9. The Hall–Kier alpha value is -3.87. The molecule has 268 valence electrons. The van der Waals surface area contributed by atoms with Crippen LogP contribution >= 0.6 is 7.75 Å². The number of allylic oxidation sites excluding steroid dienone is 10. The van der Waals surface area contributed by atoms with Gasteiger partial charge in [-0.2, -0.15) is 4.98 Å². The van der Waals surface area contributed by atoms with Gasteiger partial charge < -0.3 is 30.2 Å². The molecule has 3 rings (SSSR count). The molecular formula is C35H52N7O6P. The lowest BCUT2D eigenvalue weighted by Gasteiger charge is -2.22. The van der Waals surface area contributed by atoms with Crippen LogP contribution in [0.25, 0.3) is 11.2 Å². The maximum atomic E-state index is 13.1. The van der Waals surface area contributed by atoms with Crippen molar-refractivity contribution in [3.05, 3.63) is 89.6 Å². The normalized spacial score (nSPS) is 19.9. The maximum Gasteiger partial charge on any atom is 0.405 e. The number of rotatable bonds is 22. The summed E-state index contributed by atoms with van der Waals surface area (Å²) in [7, 11) is -2.46. The van der Waals surface area contributed by atoms with Crippen molar-refractivity contribution in [1.82, 2.24) is 29.9 Å². The van der Waals surface area contributed by atoms with Crippen LogP contribution in [0.2, 0.25) is 0 Å². The fourth-order valence-electron chi connectivity index (χ4n) is 5.31. The summed E-state index contributed by atoms with van der Waals surface area (Å²) in [6, 6.07) is -0.405. The molecule has 4 atom stereocenters. The zero-order valence-electron chi connectivity index (χ0n) is 28.6. The zero-order chi connectivity index (χ0) is 35.5. The van der Waals surface area contributed by atoms with E-state index in [4.69, 9.17) is 14.8 Å². The monoisotopic (exact) mass is 697 g/mol. The summed E-state index contributed by atoms with van der Waals surface area (Å²) < 4.78 is 25.6. The van der Waals surface area contributed by atoms with Gasteiger partial charge in [-0.15, -0.1) is 0 Å². The lowest BCUT2D eigenvalue weighted by Crippen LogP contribution is -2.31. The van der Waals surface area contributed by atoms with Crippen LogP contribution in [0.4, 0.5) is 5.95 Å². The number of aliphatic hydroxyl groups is 1. The predicted octanol–water partition coefficient (Wildman–Crippen LogP) is 5.58. The van der Waals surface area contributed by atoms with E-state index < -0.39 is 31.4 Å². The van der Waals surface area contributed by atoms with Gasteiger partial charge in [0.2, 0.25) is 11.9 Å². The number of aromatic amines is 1. The van der Waals surface area contributed by atoms with Crippen molar-refractivity contribution in [3.8, 4) is 0 Å². The Labute approximate surface area is 288 Å². The van der Waals surface area contributed by atoms with E-state index in [-0.39, 0.29) is 43.5 Å². The highest BCUT2D eigenvalue weighted by molar-refractivity contribution is 7.51. The van der Waals surface area contributed by atoms with Crippen LogP contribution in [0.5, 0.6) is 0 Å². The number of fused-ring (bicyclic) bond motifs is 1. The van der Waals surface area contributed by atoms with Gasteiger partial charge in [0.25, 0.3) is 0 Å². The zero-order valence-corrected chi connectivity index (χ0v) is 29.5. The van der Waals surface area contributed by atoms with Crippen molar-refractivity contribution in [2.75, 3.05) is 32.5 Å². The fourth-order valence-corrected chi connectivity index (χ4v) is 6.38. The molecule has 0 aromatic carbocycles. The van der Waals surface area contributed by atoms with Crippen LogP contribution in [0.1, 0.15) is 70.8 Å². The number of nitrogens with two attached hydrogens (primary N) is 1. The Morgan fingerprint density at radius 3 is 2.37 bits per heavy atom. The summed E-state index contributed by atoms with van der Waals surface area (Å²) >= 11 is 0. The first kappa shape index (κ1) is 39.6. The minimum atomic E-state index is -3.72. The maximum absolute atomic E-state index is 13.1. The summed E-state index contributed by atoms with van der Waals surface area (Å²) in [5.41, 5.74) is 6.27. The first-order chi connectivity index (χ1) is 23.7. The molecule has 1 saturated carbocycles. The summed E-state index contributed by atoms with van der Waals surface area (Å²) in [4.78, 5) is 35.0. The van der Waals surface area contributed by atoms with E-state index in [9.17, 15) is 19.3 Å². The second-order valence-corrected chi connectivity index (χ2v) is 13.5. The molecule has 1 amide bonds. The van der Waals surface area contributed by atoms with Gasteiger partial charge in [0.05, 0.1) is 25.1 Å². The number of aliphatic hydroxyl groups excluding tert-OH is 1. The highest BCUT2D eigenvalue weighted by Crippen LogP contribution is 2.46. The molecule has 0 radical (unpaired) electrons. The number of H-pyrrole nitrogens is 1. The number of carbonyl (C=O) groups excluding carboxylic acids is 1. The largest absolute Gasteiger partial charge is 0.405 e. The van der Waals surface area contributed by atoms with Gasteiger partial charge in [0.15, 0.2) is 5.52 Å². The van der Waals surface area contributed by atoms with E-state index in [1.165, 1.54) is 13.4 Å². The highest BCUT2D eigenvalue weighted by atomic mass is 31.2. The molecule has 2 unspecified atom stereocenters. The quantitative estimate of drug-likeness (QED) is 0.0591. The first-order valence-electron chi connectivity index (χ1n) is 16.8. The number of amides is 1. The third-order valence-corrected chi connectivity index (χ3v) is 9.56. The third-order valence-electron chi connectivity index (χ3n) is 7.98. The Bertz CT molecular complexity index is 1610. The fraction of sp³-hybridized carbons (Fsp3) is 0.486. The molecule has 2 aromatic rings. The number of aromatic nitrogens is 4. The molecule has 0 bridgehead atoms. The number of nitrogens with one attached hydrogen (secondary N) is 3. The lowest BCUT2D eigenvalue weighted by molar-refractivity contribution is -0.121. The van der Waals surface area contributed by atoms with E-state index in [2.05, 4.69) is 99.6 Å². The number of unbranched alkanes of at least 4 members (excludes halogenated alkanes) is 1. The van der Waals surface area contributed by atoms with Gasteiger partial charge in [0, 0.05) is 32.5 Å². The van der Waals surface area contributed by atoms with Crippen molar-refractivity contribution in [2.45, 2.75) is 76.9 Å². The van der Waals surface area contributed by atoms with Gasteiger partial charge >= 0.3 is 13.3 Å². The molecule has 13 nitrogen and oxygen atoms in total. The van der Waals surface area contributed by atoms with E-state index in [0.29, 0.717) is 17.6 Å². The smallest absolute Gasteiger partial charge is 0.392 e. The van der Waals surface area contributed by atoms with Crippen molar-refractivity contribution in [2.24, 2.45) is 5.92 Å². The Kier molecular flexibility index (Phi) is 17.2. The lowest BCUT2D eigenvalue weighted by atomic mass is 10.0. The summed E-state index contributed by atoms with van der Waals surface area (Å²) in [6.45, 7) is 6.54. The van der Waals surface area contributed by atoms with E-state index >= 15 is 0 Å². The number of hydrogen-bond donors (Lipinski definition) is 5. The molecule has 49 heavy (non-hydrogen) atoms. The van der Waals surface area contributed by atoms with Gasteiger partial charge in [-0.1, -0.05) is 74.3 Å². The molecule has 6 N–H and O–H groups in total. The molecule has 0 saturated heterocycles. The summed E-state index contributed by atoms with van der Waals surface area (Å²) in [5, 5.41) is 16.3. The Morgan fingerprint density at radius 2 is 1.73 bits per heavy atom. The molecule has 2 heterocycles. The van der Waals surface area contributed by atoms with Gasteiger partial charge in [-0.25, -0.2) is 14.6 Å². The van der Waals surface area contributed by atoms with Gasteiger partial charge in [0.1, 0.15) is 5.65 Å². The Morgan fingerprint density at radius 1 is 1.10 bits per heavy atom.